The minimum absolute atomic E-state index is 0.112. The second kappa shape index (κ2) is 4.71. The molecule has 0 amide bonds. The molecule has 1 saturated heterocycles. The topological polar surface area (TPSA) is 95.4 Å². The van der Waals surface area contributed by atoms with Gasteiger partial charge in [-0.05, 0) is 38.8 Å². The van der Waals surface area contributed by atoms with Gasteiger partial charge >= 0.3 is 5.22 Å². The molecule has 1 aliphatic rings. The zero-order valence-corrected chi connectivity index (χ0v) is 12.8. The van der Waals surface area contributed by atoms with Crippen molar-refractivity contribution in [3.8, 4) is 0 Å². The Kier molecular flexibility index (Phi) is 3.22. The van der Waals surface area contributed by atoms with E-state index in [4.69, 9.17) is 14.9 Å². The van der Waals surface area contributed by atoms with E-state index in [9.17, 15) is 8.42 Å². The van der Waals surface area contributed by atoms with Crippen LogP contribution < -0.4 is 5.73 Å². The smallest absolute Gasteiger partial charge is 0.316 e. The predicted molar refractivity (Wildman–Crippen MR) is 78.7 cm³/mol. The van der Waals surface area contributed by atoms with Crippen LogP contribution in [0, 0.1) is 0 Å². The monoisotopic (exact) mass is 310 g/mol. The average molecular weight is 310 g/mol. The molecule has 1 fully saturated rings. The number of nitrogen functional groups attached to an aromatic ring is 1. The molecule has 1 aromatic carbocycles. The normalized spacial score (nSPS) is 21.9. The zero-order chi connectivity index (χ0) is 15.3. The van der Waals surface area contributed by atoms with Crippen LogP contribution >= 0.6 is 0 Å². The highest BCUT2D eigenvalue weighted by atomic mass is 32.2. The molecule has 2 aromatic rings. The lowest BCUT2D eigenvalue weighted by Crippen LogP contribution is -2.25. The van der Waals surface area contributed by atoms with Crippen molar-refractivity contribution in [1.82, 2.24) is 4.98 Å². The molecule has 0 spiro atoms. The van der Waals surface area contributed by atoms with Crippen molar-refractivity contribution in [2.24, 2.45) is 0 Å². The maximum absolute atomic E-state index is 12.4. The van der Waals surface area contributed by atoms with Crippen molar-refractivity contribution < 1.29 is 17.6 Å². The SMILES string of the molecule is CC1(C)CCC(CS(=O)(=O)c2nc3ccc(N)cc3o2)O1. The molecule has 2 heterocycles. The molecule has 6 nitrogen and oxygen atoms in total. The van der Waals surface area contributed by atoms with E-state index >= 15 is 0 Å². The zero-order valence-electron chi connectivity index (χ0n) is 12.0. The lowest BCUT2D eigenvalue weighted by molar-refractivity contribution is -0.00538. The molecule has 2 N–H and O–H groups in total. The number of aromatic nitrogens is 1. The van der Waals surface area contributed by atoms with Crippen molar-refractivity contribution in [3.63, 3.8) is 0 Å². The number of rotatable bonds is 3. The number of benzene rings is 1. The van der Waals surface area contributed by atoms with Crippen molar-refractivity contribution >= 4 is 26.6 Å². The van der Waals surface area contributed by atoms with Crippen LogP contribution in [0.4, 0.5) is 5.69 Å². The van der Waals surface area contributed by atoms with Crippen LogP contribution in [0.5, 0.6) is 0 Å². The van der Waals surface area contributed by atoms with Crippen molar-refractivity contribution in [2.45, 2.75) is 43.6 Å². The number of fused-ring (bicyclic) bond motifs is 1. The van der Waals surface area contributed by atoms with Crippen LogP contribution in [-0.4, -0.2) is 30.9 Å². The van der Waals surface area contributed by atoms with E-state index in [0.717, 1.165) is 12.8 Å². The van der Waals surface area contributed by atoms with Gasteiger partial charge in [-0.15, -0.1) is 0 Å². The first-order valence-electron chi connectivity index (χ1n) is 6.82. The van der Waals surface area contributed by atoms with Gasteiger partial charge < -0.3 is 14.9 Å². The third-order valence-electron chi connectivity index (χ3n) is 3.62. The molecule has 0 aliphatic carbocycles. The van der Waals surface area contributed by atoms with Gasteiger partial charge in [0.1, 0.15) is 5.52 Å². The molecule has 1 unspecified atom stereocenters. The molecular formula is C14H18N2O4S. The van der Waals surface area contributed by atoms with E-state index in [1.165, 1.54) is 0 Å². The van der Waals surface area contributed by atoms with Crippen LogP contribution in [0.3, 0.4) is 0 Å². The molecule has 0 radical (unpaired) electrons. The summed E-state index contributed by atoms with van der Waals surface area (Å²) in [5.41, 5.74) is 6.74. The van der Waals surface area contributed by atoms with E-state index in [0.29, 0.717) is 16.8 Å². The fourth-order valence-electron chi connectivity index (χ4n) is 2.56. The standard InChI is InChI=1S/C14H18N2O4S/c1-14(2)6-5-10(20-14)8-21(17,18)13-16-11-4-3-9(15)7-12(11)19-13/h3-4,7,10H,5-6,8,15H2,1-2H3. The number of nitrogens with zero attached hydrogens (tertiary/aromatic N) is 1. The van der Waals surface area contributed by atoms with Crippen LogP contribution in [0.1, 0.15) is 26.7 Å². The molecule has 114 valence electrons. The van der Waals surface area contributed by atoms with Crippen LogP contribution in [0.2, 0.25) is 0 Å². The minimum Gasteiger partial charge on any atom is -0.428 e. The summed E-state index contributed by atoms with van der Waals surface area (Å²) in [6.45, 7) is 3.92. The maximum atomic E-state index is 12.4. The summed E-state index contributed by atoms with van der Waals surface area (Å²) in [7, 11) is -3.61. The van der Waals surface area contributed by atoms with Crippen LogP contribution in [-0.2, 0) is 14.6 Å². The van der Waals surface area contributed by atoms with Crippen molar-refractivity contribution in [2.75, 3.05) is 11.5 Å². The Balaban J connectivity index is 1.86. The summed E-state index contributed by atoms with van der Waals surface area (Å²) in [5, 5.41) is -0.267. The van der Waals surface area contributed by atoms with Crippen LogP contribution in [0.25, 0.3) is 11.1 Å². The van der Waals surface area contributed by atoms with Gasteiger partial charge in [-0.1, -0.05) is 0 Å². The molecule has 7 heteroatoms. The molecule has 1 aromatic heterocycles. The first kappa shape index (κ1) is 14.3. The maximum Gasteiger partial charge on any atom is 0.316 e. The summed E-state index contributed by atoms with van der Waals surface area (Å²) in [6, 6.07) is 4.86. The fraction of sp³-hybridized carbons (Fsp3) is 0.500. The number of hydrogen-bond acceptors (Lipinski definition) is 6. The summed E-state index contributed by atoms with van der Waals surface area (Å²) in [4.78, 5) is 4.04. The molecule has 3 rings (SSSR count). The number of oxazole rings is 1. The second-order valence-electron chi connectivity index (χ2n) is 6.03. The highest BCUT2D eigenvalue weighted by molar-refractivity contribution is 7.91. The van der Waals surface area contributed by atoms with E-state index in [1.807, 2.05) is 13.8 Å². The Morgan fingerprint density at radius 3 is 2.86 bits per heavy atom. The Hall–Kier alpha value is -1.60. The summed E-state index contributed by atoms with van der Waals surface area (Å²) in [5.74, 6) is -0.112. The number of ether oxygens (including phenoxy) is 1. The molecule has 1 aliphatic heterocycles. The third-order valence-corrected chi connectivity index (χ3v) is 5.14. The lowest BCUT2D eigenvalue weighted by atomic mass is 10.1. The van der Waals surface area contributed by atoms with Gasteiger partial charge in [-0.2, -0.15) is 4.98 Å². The van der Waals surface area contributed by atoms with E-state index in [2.05, 4.69) is 4.98 Å². The molecule has 21 heavy (non-hydrogen) atoms. The highest BCUT2D eigenvalue weighted by Crippen LogP contribution is 2.31. The minimum atomic E-state index is -3.61. The number of anilines is 1. The van der Waals surface area contributed by atoms with Crippen molar-refractivity contribution in [1.29, 1.82) is 0 Å². The van der Waals surface area contributed by atoms with Gasteiger partial charge in [0, 0.05) is 11.8 Å². The quantitative estimate of drug-likeness (QED) is 0.873. The molecular weight excluding hydrogens is 292 g/mol. The Bertz CT molecular complexity index is 779. The Labute approximate surface area is 123 Å². The van der Waals surface area contributed by atoms with Gasteiger partial charge in [0.25, 0.3) is 0 Å². The average Bonchev–Trinajstić information content (AvgIpc) is 2.92. The fourth-order valence-corrected chi connectivity index (χ4v) is 3.89. The van der Waals surface area contributed by atoms with Gasteiger partial charge in [-0.25, -0.2) is 8.42 Å². The van der Waals surface area contributed by atoms with E-state index in [1.54, 1.807) is 18.2 Å². The van der Waals surface area contributed by atoms with Gasteiger partial charge in [0.05, 0.1) is 17.5 Å². The first-order chi connectivity index (χ1) is 9.75. The van der Waals surface area contributed by atoms with Gasteiger partial charge in [0.2, 0.25) is 9.84 Å². The third kappa shape index (κ3) is 2.89. The number of hydrogen-bond donors (Lipinski definition) is 1. The molecule has 0 saturated carbocycles. The number of sulfone groups is 1. The number of nitrogens with two attached hydrogens (primary N) is 1. The van der Waals surface area contributed by atoms with Gasteiger partial charge in [-0.3, -0.25) is 0 Å². The van der Waals surface area contributed by atoms with Gasteiger partial charge in [0.15, 0.2) is 5.58 Å². The predicted octanol–water partition coefficient (Wildman–Crippen LogP) is 2.14. The molecule has 0 bridgehead atoms. The summed E-state index contributed by atoms with van der Waals surface area (Å²) >= 11 is 0. The first-order valence-corrected chi connectivity index (χ1v) is 8.47. The highest BCUT2D eigenvalue weighted by Gasteiger charge is 2.36. The largest absolute Gasteiger partial charge is 0.428 e. The molecule has 1 atom stereocenters. The summed E-state index contributed by atoms with van der Waals surface area (Å²) in [6.07, 6.45) is 1.25. The van der Waals surface area contributed by atoms with E-state index in [-0.39, 0.29) is 22.7 Å². The van der Waals surface area contributed by atoms with Crippen LogP contribution in [0.15, 0.2) is 27.8 Å². The van der Waals surface area contributed by atoms with Crippen molar-refractivity contribution in [3.05, 3.63) is 18.2 Å². The Morgan fingerprint density at radius 1 is 1.43 bits per heavy atom. The second-order valence-corrected chi connectivity index (χ2v) is 7.94. The summed E-state index contributed by atoms with van der Waals surface area (Å²) < 4.78 is 35.8. The Morgan fingerprint density at radius 2 is 2.19 bits per heavy atom. The van der Waals surface area contributed by atoms with E-state index < -0.39 is 9.84 Å². The lowest BCUT2D eigenvalue weighted by Gasteiger charge is -2.18.